The number of carbonyl (C=O) groups is 2. The molecule has 105 heavy (non-hydrogen) atoms. The van der Waals surface area contributed by atoms with E-state index in [1.807, 2.05) is 153 Å². The minimum absolute atomic E-state index is 0.706. The lowest BCUT2D eigenvalue weighted by atomic mass is 10.0. The Morgan fingerprint density at radius 3 is 0.752 bits per heavy atom. The highest BCUT2D eigenvalue weighted by Gasteiger charge is 2.08. The zero-order valence-electron chi connectivity index (χ0n) is 62.1. The highest BCUT2D eigenvalue weighted by molar-refractivity contribution is 8.77. The fraction of sp³-hybridized carbons (Fsp3) is 0.342. The lowest BCUT2D eigenvalue weighted by molar-refractivity contribution is -0.671. The summed E-state index contributed by atoms with van der Waals surface area (Å²) in [4.78, 5) is 38.1. The Bertz CT molecular complexity index is 3750. The number of aldehydes is 2. The van der Waals surface area contributed by atoms with Gasteiger partial charge in [-0.3, -0.25) is 45.4 Å². The number of aromatic nitrogens is 4. The van der Waals surface area contributed by atoms with Gasteiger partial charge in [-0.15, -0.1) is 0 Å². The van der Waals surface area contributed by atoms with Gasteiger partial charge in [0.05, 0.1) is 28.4 Å². The van der Waals surface area contributed by atoms with Gasteiger partial charge in [-0.25, -0.2) is 9.13 Å². The Morgan fingerprint density at radius 2 is 0.581 bits per heavy atom. The van der Waals surface area contributed by atoms with Crippen molar-refractivity contribution >= 4 is 134 Å². The van der Waals surface area contributed by atoms with E-state index in [0.29, 0.717) is 11.1 Å². The molecule has 29 heteroatoms. The topological polar surface area (TPSA) is 260 Å². The highest BCUT2D eigenvalue weighted by atomic mass is 33.1. The lowest BCUT2D eigenvalue weighted by Gasteiger charge is -2.20. The minimum atomic E-state index is -4.16. The number of hydrogen-bond acceptors (Lipinski definition) is 22. The molecule has 4 aromatic heterocycles. The van der Waals surface area contributed by atoms with Crippen LogP contribution in [0.4, 0.5) is 22.7 Å². The lowest BCUT2D eigenvalue weighted by Crippen LogP contribution is -2.25. The Morgan fingerprint density at radius 1 is 0.371 bits per heavy atom. The van der Waals surface area contributed by atoms with Gasteiger partial charge in [0, 0.05) is 160 Å². The molecule has 1 aliphatic carbocycles. The summed E-state index contributed by atoms with van der Waals surface area (Å²) >= 11 is 0. The zero-order chi connectivity index (χ0) is 77.7. The van der Waals surface area contributed by atoms with Crippen molar-refractivity contribution in [2.45, 2.75) is 52.4 Å². The first-order chi connectivity index (χ1) is 50.1. The summed E-state index contributed by atoms with van der Waals surface area (Å²) in [5.41, 5.74) is 13.5. The molecular formula is C76H104N8O14S7+2. The number of anilines is 4. The molecule has 572 valence electrons. The van der Waals surface area contributed by atoms with Crippen LogP contribution in [-0.4, -0.2) is 163 Å². The van der Waals surface area contributed by atoms with E-state index in [2.05, 4.69) is 196 Å². The second kappa shape index (κ2) is 55.0. The van der Waals surface area contributed by atoms with Crippen molar-refractivity contribution in [1.82, 2.24) is 9.97 Å². The van der Waals surface area contributed by atoms with Crippen LogP contribution in [0.5, 0.6) is 0 Å². The summed E-state index contributed by atoms with van der Waals surface area (Å²) < 4.78 is 91.0. The number of hydrogen-bond donors (Lipinski definition) is 2. The Labute approximate surface area is 640 Å². The molecule has 0 spiro atoms. The van der Waals surface area contributed by atoms with E-state index in [0.717, 1.165) is 102 Å². The SMILES string of the molecule is C1CCCCC1.CN(CCSSCCN(C)c1ccc(/C=C/c2cc[n+](C)cc2)cc1)c1ccc(/C=C/c2cc[n+](C)cc2)cc1.CN(CCSSCCN(C)c1ccc(C=O)cc1)c1ccc(C=O)cc1.COS(=O)(=O)O.COS(=O)(=O)O.COS(=O)(=O)OC.Cc1ccncc1.Cc1ccncc1. The smallest absolute Gasteiger partial charge is 0.374 e. The third kappa shape index (κ3) is 47.6. The molecule has 1 aliphatic rings. The predicted octanol–water partition coefficient (Wildman–Crippen LogP) is 14.4. The third-order valence-electron chi connectivity index (χ3n) is 14.8. The molecule has 4 aromatic carbocycles. The minimum Gasteiger partial charge on any atom is -0.374 e. The molecule has 0 saturated heterocycles. The average molecular weight is 1580 g/mol. The molecule has 8 aromatic rings. The molecule has 1 fully saturated rings. The monoisotopic (exact) mass is 1580 g/mol. The fourth-order valence-electron chi connectivity index (χ4n) is 8.36. The number of nitrogens with zero attached hydrogens (tertiary/aromatic N) is 8. The molecule has 0 atom stereocenters. The first-order valence-electron chi connectivity index (χ1n) is 33.2. The molecule has 0 bridgehead atoms. The molecule has 0 unspecified atom stereocenters. The second-order valence-electron chi connectivity index (χ2n) is 22.9. The number of pyridine rings is 4. The second-order valence-corrected chi connectivity index (χ2v) is 32.2. The maximum Gasteiger partial charge on any atom is 0.399 e. The van der Waals surface area contributed by atoms with Crippen LogP contribution in [0, 0.1) is 13.8 Å². The van der Waals surface area contributed by atoms with Gasteiger partial charge >= 0.3 is 31.2 Å². The number of rotatable bonds is 28. The van der Waals surface area contributed by atoms with Crippen molar-refractivity contribution in [1.29, 1.82) is 0 Å². The molecule has 0 radical (unpaired) electrons. The highest BCUT2D eigenvalue weighted by Crippen LogP contribution is 2.26. The first kappa shape index (κ1) is 93.6. The average Bonchev–Trinajstić information content (AvgIpc) is 0.891. The largest absolute Gasteiger partial charge is 0.399 e. The van der Waals surface area contributed by atoms with Gasteiger partial charge < -0.3 is 19.6 Å². The maximum atomic E-state index is 10.7. The molecule has 1 saturated carbocycles. The Hall–Kier alpha value is -7.49. The van der Waals surface area contributed by atoms with Crippen LogP contribution in [0.15, 0.2) is 195 Å². The normalized spacial score (nSPS) is 11.6. The first-order valence-corrected chi connectivity index (χ1v) is 42.2. The van der Waals surface area contributed by atoms with E-state index < -0.39 is 31.2 Å². The van der Waals surface area contributed by atoms with E-state index >= 15 is 0 Å². The standard InChI is InChI=1S/C34H40N4S2.C20H24N2O2S2.2C6H7N.C6H12.C2H6O4S.2CH4O4S/c1-35-21-17-31(18-22-35)7-5-29-9-13-33(14-10-29)37(3)25-27-39-40-28-26-38(4)34-15-11-30(12-16-34)6-8-32-19-23-36(2)24-20-32;1-21(19-7-3-17(15-23)4-8-19)11-13-25-26-14-12-22(2)20-9-5-18(16-24)6-10-20;2*1-6-2-4-7-5-3-6;1-2-4-6-5-3-1;1-5-7(3,4)6-2;2*1-5-6(2,3)4/h5-24H,25-28H2,1-4H3;3-10,15-16H,11-14H2,1-2H3;2*2-5H,1H3;1-6H2;1-2H3;2*1H3,(H,2,3,4)/q+2;;;;;;;. The summed E-state index contributed by atoms with van der Waals surface area (Å²) in [5, 5.41) is 0. The molecule has 9 rings (SSSR count). The molecule has 2 N–H and O–H groups in total. The van der Waals surface area contributed by atoms with Crippen LogP contribution in [0.25, 0.3) is 24.3 Å². The molecule has 22 nitrogen and oxygen atoms in total. The van der Waals surface area contributed by atoms with E-state index in [4.69, 9.17) is 9.11 Å². The predicted molar refractivity (Wildman–Crippen MR) is 438 cm³/mol. The van der Waals surface area contributed by atoms with Crippen LogP contribution in [-0.2, 0) is 62.0 Å². The number of benzene rings is 4. The van der Waals surface area contributed by atoms with Crippen molar-refractivity contribution in [3.63, 3.8) is 0 Å². The van der Waals surface area contributed by atoms with Gasteiger partial charge in [0.1, 0.15) is 26.7 Å². The van der Waals surface area contributed by atoms with Crippen molar-refractivity contribution < 1.29 is 69.8 Å². The van der Waals surface area contributed by atoms with Gasteiger partial charge in [-0.2, -0.15) is 25.3 Å². The Kier molecular flexibility index (Phi) is 49.0. The number of aryl methyl sites for hydroxylation is 4. The van der Waals surface area contributed by atoms with Gasteiger partial charge in [0.25, 0.3) is 0 Å². The molecular weight excluding hydrogens is 1470 g/mol. The maximum absolute atomic E-state index is 10.7. The molecule has 0 aliphatic heterocycles. The summed E-state index contributed by atoms with van der Waals surface area (Å²) in [6, 6.07) is 49.3. The van der Waals surface area contributed by atoms with Gasteiger partial charge in [0.15, 0.2) is 24.8 Å². The van der Waals surface area contributed by atoms with E-state index in [-0.39, 0.29) is 0 Å². The van der Waals surface area contributed by atoms with Crippen LogP contribution < -0.4 is 28.7 Å². The summed E-state index contributed by atoms with van der Waals surface area (Å²) in [5.74, 6) is 4.26. The quantitative estimate of drug-likeness (QED) is 0.0152. The van der Waals surface area contributed by atoms with Crippen molar-refractivity contribution in [2.75, 3.05) is 125 Å². The van der Waals surface area contributed by atoms with Crippen LogP contribution in [0.1, 0.15) is 92.6 Å². The van der Waals surface area contributed by atoms with Crippen molar-refractivity contribution in [3.05, 3.63) is 240 Å². The van der Waals surface area contributed by atoms with Gasteiger partial charge in [0.2, 0.25) is 0 Å². The number of carbonyl (C=O) groups excluding carboxylic acids is 2. The van der Waals surface area contributed by atoms with E-state index in [9.17, 15) is 34.8 Å². The Balaban J connectivity index is 0.000000484. The van der Waals surface area contributed by atoms with Crippen LogP contribution in [0.3, 0.4) is 0 Å². The fourth-order valence-corrected chi connectivity index (χ4v) is 12.7. The zero-order valence-corrected chi connectivity index (χ0v) is 67.8. The summed E-state index contributed by atoms with van der Waals surface area (Å²) in [6.07, 6.45) is 34.8. The third-order valence-corrected chi connectivity index (χ3v) is 21.2. The molecule has 0 amide bonds. The molecule has 4 heterocycles. The van der Waals surface area contributed by atoms with E-state index in [1.165, 1.54) is 83.3 Å². The van der Waals surface area contributed by atoms with Crippen LogP contribution in [0.2, 0.25) is 0 Å². The summed E-state index contributed by atoms with van der Waals surface area (Å²) in [7, 11) is 12.0. The van der Waals surface area contributed by atoms with Crippen molar-refractivity contribution in [3.8, 4) is 0 Å². The van der Waals surface area contributed by atoms with Crippen LogP contribution >= 0.6 is 43.2 Å². The van der Waals surface area contributed by atoms with Crippen molar-refractivity contribution in [2.24, 2.45) is 14.1 Å². The van der Waals surface area contributed by atoms with Gasteiger partial charge in [-0.1, -0.05) is 130 Å². The van der Waals surface area contributed by atoms with Gasteiger partial charge in [-0.05, 0) is 144 Å². The summed E-state index contributed by atoms with van der Waals surface area (Å²) in [6.45, 7) is 8.06. The van der Waals surface area contributed by atoms with E-state index in [1.54, 1.807) is 24.8 Å².